The van der Waals surface area contributed by atoms with Crippen LogP contribution in [-0.2, 0) is 6.54 Å². The highest BCUT2D eigenvalue weighted by atomic mass is 19.3. The Kier molecular flexibility index (Phi) is 5.16. The summed E-state index contributed by atoms with van der Waals surface area (Å²) in [6.07, 6.45) is 0.748. The van der Waals surface area contributed by atoms with Gasteiger partial charge in [0.2, 0.25) is 5.89 Å². The summed E-state index contributed by atoms with van der Waals surface area (Å²) >= 11 is 0. The molecule has 29 heavy (non-hydrogen) atoms. The van der Waals surface area contributed by atoms with Crippen molar-refractivity contribution in [1.29, 1.82) is 0 Å². The Morgan fingerprint density at radius 2 is 2.07 bits per heavy atom. The molecule has 2 aromatic rings. The van der Waals surface area contributed by atoms with Crippen LogP contribution in [0.5, 0.6) is 0 Å². The Bertz CT molecular complexity index is 932. The van der Waals surface area contributed by atoms with E-state index < -0.39 is 12.3 Å². The number of amides is 3. The topological polar surface area (TPSA) is 100 Å². The van der Waals surface area contributed by atoms with Gasteiger partial charge in [0.1, 0.15) is 0 Å². The minimum absolute atomic E-state index is 0.0498. The molecule has 0 spiro atoms. The molecule has 2 N–H and O–H groups in total. The molecule has 2 heterocycles. The average Bonchev–Trinajstić information content (AvgIpc) is 3.34. The van der Waals surface area contributed by atoms with Crippen molar-refractivity contribution in [3.63, 3.8) is 0 Å². The van der Waals surface area contributed by atoms with Crippen molar-refractivity contribution in [1.82, 2.24) is 25.7 Å². The number of carbonyl (C=O) groups is 2. The SMILES string of the molecule is CNC(=O)N[C@@H]1CCCC[C@H]1N1Cc2ccc(-c3nnc(C(F)F)o3)cc2C1=O. The predicted octanol–water partition coefficient (Wildman–Crippen LogP) is 2.87. The average molecular weight is 405 g/mol. The second-order valence-corrected chi connectivity index (χ2v) is 7.23. The number of urea groups is 1. The maximum absolute atomic E-state index is 13.1. The molecule has 0 saturated heterocycles. The van der Waals surface area contributed by atoms with E-state index in [0.717, 1.165) is 31.2 Å². The van der Waals surface area contributed by atoms with Crippen LogP contribution in [0, 0.1) is 0 Å². The fourth-order valence-corrected chi connectivity index (χ4v) is 4.06. The molecule has 1 saturated carbocycles. The zero-order chi connectivity index (χ0) is 20.5. The molecule has 1 aromatic carbocycles. The molecule has 0 radical (unpaired) electrons. The summed E-state index contributed by atoms with van der Waals surface area (Å²) < 4.78 is 30.4. The quantitative estimate of drug-likeness (QED) is 0.815. The summed E-state index contributed by atoms with van der Waals surface area (Å²) in [5.74, 6) is -0.948. The number of nitrogens with zero attached hydrogens (tertiary/aromatic N) is 3. The lowest BCUT2D eigenvalue weighted by Crippen LogP contribution is -2.54. The van der Waals surface area contributed by atoms with Crippen LogP contribution in [0.4, 0.5) is 13.6 Å². The predicted molar refractivity (Wildman–Crippen MR) is 98.2 cm³/mol. The third kappa shape index (κ3) is 3.66. The lowest BCUT2D eigenvalue weighted by Gasteiger charge is -2.38. The Labute approximate surface area is 165 Å². The summed E-state index contributed by atoms with van der Waals surface area (Å²) in [4.78, 5) is 26.7. The Morgan fingerprint density at radius 1 is 1.28 bits per heavy atom. The van der Waals surface area contributed by atoms with Crippen LogP contribution in [0.1, 0.15) is 53.9 Å². The van der Waals surface area contributed by atoms with Crippen LogP contribution in [0.25, 0.3) is 11.5 Å². The van der Waals surface area contributed by atoms with Crippen LogP contribution in [0.3, 0.4) is 0 Å². The van der Waals surface area contributed by atoms with Crippen LogP contribution in [0.15, 0.2) is 22.6 Å². The molecule has 3 amide bonds. The highest BCUT2D eigenvalue weighted by molar-refractivity contribution is 5.99. The lowest BCUT2D eigenvalue weighted by atomic mass is 9.89. The van der Waals surface area contributed by atoms with E-state index in [2.05, 4.69) is 20.8 Å². The Balaban J connectivity index is 1.57. The van der Waals surface area contributed by atoms with Gasteiger partial charge >= 0.3 is 12.5 Å². The van der Waals surface area contributed by atoms with Gasteiger partial charge in [0.05, 0.1) is 12.1 Å². The number of hydrogen-bond acceptors (Lipinski definition) is 5. The van der Waals surface area contributed by atoms with E-state index in [1.807, 2.05) is 0 Å². The fraction of sp³-hybridized carbons (Fsp3) is 0.474. The summed E-state index contributed by atoms with van der Waals surface area (Å²) in [7, 11) is 1.56. The van der Waals surface area contributed by atoms with Crippen molar-refractivity contribution in [3.8, 4) is 11.5 Å². The highest BCUT2D eigenvalue weighted by Gasteiger charge is 2.38. The zero-order valence-electron chi connectivity index (χ0n) is 15.8. The smallest absolute Gasteiger partial charge is 0.314 e. The molecule has 1 aliphatic heterocycles. The van der Waals surface area contributed by atoms with E-state index in [1.165, 1.54) is 0 Å². The van der Waals surface area contributed by atoms with E-state index in [0.29, 0.717) is 17.7 Å². The van der Waals surface area contributed by atoms with Crippen LogP contribution in [0.2, 0.25) is 0 Å². The number of nitrogens with one attached hydrogen (secondary N) is 2. The largest absolute Gasteiger partial charge is 0.415 e. The first-order valence-electron chi connectivity index (χ1n) is 9.52. The van der Waals surface area contributed by atoms with Gasteiger partial charge in [-0.2, -0.15) is 8.78 Å². The van der Waals surface area contributed by atoms with Crippen LogP contribution < -0.4 is 10.6 Å². The number of aromatic nitrogens is 2. The molecule has 2 atom stereocenters. The van der Waals surface area contributed by atoms with E-state index in [-0.39, 0.29) is 29.9 Å². The first-order valence-corrected chi connectivity index (χ1v) is 9.52. The molecule has 1 aromatic heterocycles. The monoisotopic (exact) mass is 405 g/mol. The molecule has 10 heteroatoms. The second kappa shape index (κ2) is 7.76. The third-order valence-electron chi connectivity index (χ3n) is 5.49. The fourth-order valence-electron chi connectivity index (χ4n) is 4.06. The molecule has 0 bridgehead atoms. The van der Waals surface area contributed by atoms with E-state index in [1.54, 1.807) is 30.1 Å². The summed E-state index contributed by atoms with van der Waals surface area (Å²) in [5, 5.41) is 12.5. The van der Waals surface area contributed by atoms with Gasteiger partial charge in [0.25, 0.3) is 11.8 Å². The van der Waals surface area contributed by atoms with Gasteiger partial charge in [-0.1, -0.05) is 18.9 Å². The summed E-state index contributed by atoms with van der Waals surface area (Å²) in [6, 6.07) is 4.58. The lowest BCUT2D eigenvalue weighted by molar-refractivity contribution is 0.0610. The highest BCUT2D eigenvalue weighted by Crippen LogP contribution is 2.33. The minimum Gasteiger partial charge on any atom is -0.415 e. The normalized spacial score (nSPS) is 21.4. The molecule has 1 fully saturated rings. The first-order chi connectivity index (χ1) is 14.0. The molecule has 1 aliphatic carbocycles. The van der Waals surface area contributed by atoms with Gasteiger partial charge in [-0.05, 0) is 30.5 Å². The number of carbonyl (C=O) groups excluding carboxylic acids is 2. The molecule has 2 aliphatic rings. The van der Waals surface area contributed by atoms with E-state index >= 15 is 0 Å². The molecule has 8 nitrogen and oxygen atoms in total. The summed E-state index contributed by atoms with van der Waals surface area (Å²) in [5.41, 5.74) is 1.75. The number of halogens is 2. The van der Waals surface area contributed by atoms with Crippen molar-refractivity contribution < 1.29 is 22.8 Å². The number of rotatable bonds is 4. The Hall–Kier alpha value is -3.04. The third-order valence-corrected chi connectivity index (χ3v) is 5.49. The van der Waals surface area contributed by atoms with Crippen LogP contribution in [-0.4, -0.2) is 46.2 Å². The second-order valence-electron chi connectivity index (χ2n) is 7.23. The maximum Gasteiger partial charge on any atom is 0.314 e. The number of fused-ring (bicyclic) bond motifs is 1. The van der Waals surface area contributed by atoms with Gasteiger partial charge in [0, 0.05) is 24.7 Å². The van der Waals surface area contributed by atoms with Crippen LogP contribution >= 0.6 is 0 Å². The van der Waals surface area contributed by atoms with Gasteiger partial charge < -0.3 is 20.0 Å². The van der Waals surface area contributed by atoms with Crippen molar-refractivity contribution in [2.75, 3.05) is 7.05 Å². The Morgan fingerprint density at radius 3 is 2.79 bits per heavy atom. The molecule has 0 unspecified atom stereocenters. The van der Waals surface area contributed by atoms with Crippen molar-refractivity contribution in [2.24, 2.45) is 0 Å². The molecule has 4 rings (SSSR count). The van der Waals surface area contributed by atoms with Gasteiger partial charge in [0.15, 0.2) is 0 Å². The van der Waals surface area contributed by atoms with Crippen molar-refractivity contribution in [2.45, 2.75) is 50.7 Å². The molecular formula is C19H21F2N5O3. The zero-order valence-corrected chi connectivity index (χ0v) is 15.8. The maximum atomic E-state index is 13.1. The molecular weight excluding hydrogens is 384 g/mol. The van der Waals surface area contributed by atoms with Gasteiger partial charge in [-0.25, -0.2) is 4.79 Å². The number of hydrogen-bond donors (Lipinski definition) is 2. The summed E-state index contributed by atoms with van der Waals surface area (Å²) in [6.45, 7) is 0.442. The number of alkyl halides is 2. The van der Waals surface area contributed by atoms with Gasteiger partial charge in [-0.15, -0.1) is 10.2 Å². The van der Waals surface area contributed by atoms with Crippen molar-refractivity contribution >= 4 is 11.9 Å². The molecule has 154 valence electrons. The minimum atomic E-state index is -2.85. The number of benzene rings is 1. The first kappa shape index (κ1) is 19.3. The standard InChI is InChI=1S/C19H21F2N5O3/c1-22-19(28)23-13-4-2-3-5-14(13)26-9-11-7-6-10(8-12(11)18(26)27)16-24-25-17(29-16)15(20)21/h6-8,13-15H,2-5,9H2,1H3,(H2,22,23,28)/t13-,14-/m1/s1. The van der Waals surface area contributed by atoms with Gasteiger partial charge in [-0.3, -0.25) is 4.79 Å². The van der Waals surface area contributed by atoms with E-state index in [4.69, 9.17) is 4.42 Å². The van der Waals surface area contributed by atoms with Crippen molar-refractivity contribution in [3.05, 3.63) is 35.2 Å². The van der Waals surface area contributed by atoms with E-state index in [9.17, 15) is 18.4 Å².